The summed E-state index contributed by atoms with van der Waals surface area (Å²) in [4.78, 5) is 4.12. The van der Waals surface area contributed by atoms with Gasteiger partial charge in [-0.2, -0.15) is 0 Å². The molecular weight excluding hydrogens is 328 g/mol. The molecule has 0 spiro atoms. The van der Waals surface area contributed by atoms with E-state index in [1.807, 2.05) is 54.6 Å². The average Bonchev–Trinajstić information content (AvgIpc) is 3.14. The quantitative estimate of drug-likeness (QED) is 0.571. The maximum atomic E-state index is 9.57. The number of aliphatic hydroxyl groups excluding tert-OH is 1. The molecule has 0 bridgehead atoms. The second-order valence-electron chi connectivity index (χ2n) is 6.11. The molecule has 5 heteroatoms. The number of pyridine rings is 1. The van der Waals surface area contributed by atoms with Gasteiger partial charge in [-0.1, -0.05) is 30.3 Å². The zero-order chi connectivity index (χ0) is 18.2. The summed E-state index contributed by atoms with van der Waals surface area (Å²) < 4.78 is 11.4. The molecule has 5 nitrogen and oxygen atoms in total. The van der Waals surface area contributed by atoms with Crippen molar-refractivity contribution in [1.82, 2.24) is 10.3 Å². The minimum atomic E-state index is -0.456. The molecule has 1 aromatic carbocycles. The molecule has 1 atom stereocenters. The average molecular weight is 352 g/mol. The third-order valence-corrected chi connectivity index (χ3v) is 4.02. The Hall–Kier alpha value is -2.63. The van der Waals surface area contributed by atoms with E-state index in [2.05, 4.69) is 10.3 Å². The van der Waals surface area contributed by atoms with Crippen LogP contribution in [0.3, 0.4) is 0 Å². The summed E-state index contributed by atoms with van der Waals surface area (Å²) in [7, 11) is 0. The summed E-state index contributed by atoms with van der Waals surface area (Å²) in [6.45, 7) is 3.90. The van der Waals surface area contributed by atoms with Crippen LogP contribution in [0.5, 0.6) is 5.88 Å². The molecule has 0 fully saturated rings. The van der Waals surface area contributed by atoms with E-state index in [1.54, 1.807) is 13.1 Å². The molecule has 0 aliphatic carbocycles. The van der Waals surface area contributed by atoms with Crippen molar-refractivity contribution in [2.24, 2.45) is 0 Å². The topological polar surface area (TPSA) is 67.5 Å². The van der Waals surface area contributed by atoms with E-state index in [-0.39, 0.29) is 0 Å². The van der Waals surface area contributed by atoms with Crippen LogP contribution in [0.15, 0.2) is 65.2 Å². The monoisotopic (exact) mass is 352 g/mol. The van der Waals surface area contributed by atoms with Crippen LogP contribution in [0.1, 0.15) is 30.8 Å². The Morgan fingerprint density at radius 3 is 2.69 bits per heavy atom. The zero-order valence-corrected chi connectivity index (χ0v) is 14.9. The first-order valence-corrected chi connectivity index (χ1v) is 8.84. The number of aliphatic hydroxyl groups is 1. The predicted octanol–water partition coefficient (Wildman–Crippen LogP) is 3.95. The van der Waals surface area contributed by atoms with Crippen molar-refractivity contribution in [3.05, 3.63) is 72.1 Å². The fourth-order valence-corrected chi connectivity index (χ4v) is 2.57. The first kappa shape index (κ1) is 18.2. The number of aromatic nitrogens is 1. The molecule has 0 aliphatic rings. The van der Waals surface area contributed by atoms with Gasteiger partial charge in [0.25, 0.3) is 0 Å². The van der Waals surface area contributed by atoms with Gasteiger partial charge in [0.2, 0.25) is 5.88 Å². The molecule has 0 saturated heterocycles. The molecule has 3 rings (SSSR count). The van der Waals surface area contributed by atoms with E-state index in [0.29, 0.717) is 19.0 Å². The van der Waals surface area contributed by atoms with E-state index in [4.69, 9.17) is 9.15 Å². The highest BCUT2D eigenvalue weighted by molar-refractivity contribution is 5.58. The molecular formula is C21H24N2O3. The summed E-state index contributed by atoms with van der Waals surface area (Å²) >= 11 is 0. The van der Waals surface area contributed by atoms with Gasteiger partial charge in [0.15, 0.2) is 0 Å². The standard InChI is InChI=1S/C21H24N2O3/c1-16(24)17-6-8-18(9-7-17)20-11-10-19(26-20)15-22-12-4-14-25-21-5-2-3-13-23-21/h2-3,5-11,13,16,22,24H,4,12,14-15H2,1H3/t16-/m1/s1. The van der Waals surface area contributed by atoms with Gasteiger partial charge in [-0.05, 0) is 43.7 Å². The van der Waals surface area contributed by atoms with Gasteiger partial charge >= 0.3 is 0 Å². The SMILES string of the molecule is C[C@@H](O)c1ccc(-c2ccc(CNCCCOc3ccccn3)o2)cc1. The Morgan fingerprint density at radius 1 is 1.12 bits per heavy atom. The largest absolute Gasteiger partial charge is 0.478 e. The van der Waals surface area contributed by atoms with Crippen LogP contribution >= 0.6 is 0 Å². The number of hydrogen-bond acceptors (Lipinski definition) is 5. The van der Waals surface area contributed by atoms with Crippen molar-refractivity contribution in [3.8, 4) is 17.2 Å². The van der Waals surface area contributed by atoms with E-state index in [1.165, 1.54) is 0 Å². The number of furan rings is 1. The smallest absolute Gasteiger partial charge is 0.213 e. The Balaban J connectivity index is 1.39. The van der Waals surface area contributed by atoms with Crippen LogP contribution in [0.4, 0.5) is 0 Å². The van der Waals surface area contributed by atoms with Crippen molar-refractivity contribution in [2.45, 2.75) is 26.0 Å². The highest BCUT2D eigenvalue weighted by atomic mass is 16.5. The summed E-state index contributed by atoms with van der Waals surface area (Å²) in [5, 5.41) is 12.9. The highest BCUT2D eigenvalue weighted by Gasteiger charge is 2.06. The second kappa shape index (κ2) is 9.17. The van der Waals surface area contributed by atoms with E-state index < -0.39 is 6.10 Å². The molecule has 2 aromatic heterocycles. The zero-order valence-electron chi connectivity index (χ0n) is 14.9. The number of nitrogens with zero attached hydrogens (tertiary/aromatic N) is 1. The number of ether oxygens (including phenoxy) is 1. The van der Waals surface area contributed by atoms with Crippen LogP contribution < -0.4 is 10.1 Å². The van der Waals surface area contributed by atoms with Crippen molar-refractivity contribution in [3.63, 3.8) is 0 Å². The number of rotatable bonds is 9. The first-order valence-electron chi connectivity index (χ1n) is 8.84. The molecule has 26 heavy (non-hydrogen) atoms. The summed E-state index contributed by atoms with van der Waals surface area (Å²) in [5.74, 6) is 2.38. The lowest BCUT2D eigenvalue weighted by molar-refractivity contribution is 0.199. The fraction of sp³-hybridized carbons (Fsp3) is 0.286. The maximum Gasteiger partial charge on any atom is 0.213 e. The lowest BCUT2D eigenvalue weighted by Crippen LogP contribution is -2.16. The summed E-state index contributed by atoms with van der Waals surface area (Å²) in [6, 6.07) is 17.4. The Bertz CT molecular complexity index is 783. The molecule has 3 aromatic rings. The Morgan fingerprint density at radius 2 is 1.96 bits per heavy atom. The highest BCUT2D eigenvalue weighted by Crippen LogP contribution is 2.24. The Kier molecular flexibility index (Phi) is 6.41. The van der Waals surface area contributed by atoms with Crippen molar-refractivity contribution < 1.29 is 14.3 Å². The number of nitrogens with one attached hydrogen (secondary N) is 1. The van der Waals surface area contributed by atoms with Gasteiger partial charge in [0, 0.05) is 17.8 Å². The van der Waals surface area contributed by atoms with Crippen LogP contribution in [0.25, 0.3) is 11.3 Å². The van der Waals surface area contributed by atoms with Crippen molar-refractivity contribution in [2.75, 3.05) is 13.2 Å². The lowest BCUT2D eigenvalue weighted by atomic mass is 10.1. The minimum absolute atomic E-state index is 0.456. The van der Waals surface area contributed by atoms with Gasteiger partial charge < -0.3 is 19.6 Å². The van der Waals surface area contributed by atoms with E-state index >= 15 is 0 Å². The van der Waals surface area contributed by atoms with Gasteiger partial charge in [0.1, 0.15) is 11.5 Å². The molecule has 2 N–H and O–H groups in total. The van der Waals surface area contributed by atoms with Gasteiger partial charge in [-0.15, -0.1) is 0 Å². The van der Waals surface area contributed by atoms with Gasteiger partial charge in [-0.3, -0.25) is 0 Å². The molecule has 0 saturated carbocycles. The second-order valence-corrected chi connectivity index (χ2v) is 6.11. The molecule has 2 heterocycles. The van der Waals surface area contributed by atoms with E-state index in [9.17, 15) is 5.11 Å². The van der Waals surface area contributed by atoms with Gasteiger partial charge in [-0.25, -0.2) is 4.98 Å². The van der Waals surface area contributed by atoms with Crippen LogP contribution in [-0.2, 0) is 6.54 Å². The molecule has 0 amide bonds. The first-order chi connectivity index (χ1) is 12.7. The van der Waals surface area contributed by atoms with Gasteiger partial charge in [0.05, 0.1) is 19.3 Å². The van der Waals surface area contributed by atoms with Crippen molar-refractivity contribution >= 4 is 0 Å². The molecule has 136 valence electrons. The number of benzene rings is 1. The fourth-order valence-electron chi connectivity index (χ4n) is 2.57. The molecule has 0 aliphatic heterocycles. The third kappa shape index (κ3) is 5.18. The lowest BCUT2D eigenvalue weighted by Gasteiger charge is -2.06. The molecule has 0 unspecified atom stereocenters. The Labute approximate surface area is 153 Å². The minimum Gasteiger partial charge on any atom is -0.478 e. The summed E-state index contributed by atoms with van der Waals surface area (Å²) in [5.41, 5.74) is 1.90. The molecule has 0 radical (unpaired) electrons. The summed E-state index contributed by atoms with van der Waals surface area (Å²) in [6.07, 6.45) is 2.16. The van der Waals surface area contributed by atoms with Crippen molar-refractivity contribution in [1.29, 1.82) is 0 Å². The normalized spacial score (nSPS) is 12.1. The maximum absolute atomic E-state index is 9.57. The van der Waals surface area contributed by atoms with Crippen LogP contribution in [0.2, 0.25) is 0 Å². The number of hydrogen-bond donors (Lipinski definition) is 2. The third-order valence-electron chi connectivity index (χ3n) is 4.02. The van der Waals surface area contributed by atoms with Crippen LogP contribution in [0, 0.1) is 0 Å². The van der Waals surface area contributed by atoms with Crippen LogP contribution in [-0.4, -0.2) is 23.2 Å². The van der Waals surface area contributed by atoms with E-state index in [0.717, 1.165) is 35.6 Å². The predicted molar refractivity (Wildman–Crippen MR) is 101 cm³/mol.